The summed E-state index contributed by atoms with van der Waals surface area (Å²) in [7, 11) is 0. The number of urea groups is 1. The molecule has 0 spiro atoms. The van der Waals surface area contributed by atoms with E-state index >= 15 is 0 Å². The van der Waals surface area contributed by atoms with E-state index in [4.69, 9.17) is 21.1 Å². The molecular formula is C28H44ClN3O6. The predicted octanol–water partition coefficient (Wildman–Crippen LogP) is 4.06. The highest BCUT2D eigenvalue weighted by atomic mass is 35.5. The summed E-state index contributed by atoms with van der Waals surface area (Å²) in [4.78, 5) is 39.9. The molecule has 3 N–H and O–H groups in total. The van der Waals surface area contributed by atoms with Crippen molar-refractivity contribution < 1.29 is 29.0 Å². The van der Waals surface area contributed by atoms with Crippen LogP contribution in [0.5, 0.6) is 0 Å². The Balaban J connectivity index is 2.25. The summed E-state index contributed by atoms with van der Waals surface area (Å²) >= 11 is 6.15. The Morgan fingerprint density at radius 3 is 2.24 bits per heavy atom. The van der Waals surface area contributed by atoms with Gasteiger partial charge in [-0.15, -0.1) is 0 Å². The molecule has 214 valence electrons. The first-order valence-corrected chi connectivity index (χ1v) is 13.5. The number of halogens is 1. The van der Waals surface area contributed by atoms with Crippen molar-refractivity contribution in [1.82, 2.24) is 15.5 Å². The first-order chi connectivity index (χ1) is 17.5. The Labute approximate surface area is 231 Å². The number of benzene rings is 1. The van der Waals surface area contributed by atoms with Crippen LogP contribution in [0.4, 0.5) is 4.79 Å². The maximum Gasteiger partial charge on any atom is 0.315 e. The summed E-state index contributed by atoms with van der Waals surface area (Å²) in [6.45, 7) is 15.0. The SMILES string of the molecule is CC(C)C(=O)OCO[C@]1(c2ccc(Cl)cc2)CCN(C(=O)[C@H](NC(=O)NCC(C)(C)O)C(C)C)CC1(C)C. The second kappa shape index (κ2) is 12.7. The minimum absolute atomic E-state index is 0.0525. The molecular weight excluding hydrogens is 510 g/mol. The van der Waals surface area contributed by atoms with E-state index in [2.05, 4.69) is 10.6 Å². The van der Waals surface area contributed by atoms with E-state index < -0.39 is 28.7 Å². The van der Waals surface area contributed by atoms with Crippen LogP contribution >= 0.6 is 11.6 Å². The van der Waals surface area contributed by atoms with Crippen molar-refractivity contribution in [2.75, 3.05) is 26.4 Å². The minimum atomic E-state index is -1.07. The number of rotatable bonds is 10. The third-order valence-corrected chi connectivity index (χ3v) is 7.17. The Morgan fingerprint density at radius 1 is 1.13 bits per heavy atom. The van der Waals surface area contributed by atoms with Gasteiger partial charge in [-0.3, -0.25) is 9.59 Å². The molecule has 2 rings (SSSR count). The molecule has 10 heteroatoms. The lowest BCUT2D eigenvalue weighted by Gasteiger charge is -2.53. The number of carbonyl (C=O) groups excluding carboxylic acids is 3. The molecule has 1 aromatic rings. The number of piperidine rings is 1. The van der Waals surface area contributed by atoms with Gasteiger partial charge in [-0.2, -0.15) is 0 Å². The molecule has 1 aliphatic heterocycles. The van der Waals surface area contributed by atoms with Crippen LogP contribution in [0.3, 0.4) is 0 Å². The number of hydrogen-bond donors (Lipinski definition) is 3. The van der Waals surface area contributed by atoms with E-state index in [1.165, 1.54) is 0 Å². The number of amides is 3. The van der Waals surface area contributed by atoms with Gasteiger partial charge in [0.1, 0.15) is 11.6 Å². The van der Waals surface area contributed by atoms with Crippen molar-refractivity contribution >= 4 is 29.5 Å². The fourth-order valence-electron chi connectivity index (χ4n) is 4.66. The highest BCUT2D eigenvalue weighted by Crippen LogP contribution is 2.49. The highest BCUT2D eigenvalue weighted by molar-refractivity contribution is 6.30. The maximum absolute atomic E-state index is 13.6. The summed E-state index contributed by atoms with van der Waals surface area (Å²) in [6.07, 6.45) is 0.447. The van der Waals surface area contributed by atoms with E-state index in [1.807, 2.05) is 39.8 Å². The standard InChI is InChI=1S/C28H44ClN3O6/c1-18(2)22(31-25(35)30-15-27(7,8)36)23(33)32-14-13-28(26(5,6)16-32,20-9-11-21(29)12-10-20)38-17-37-24(34)19(3)4/h9-12,18-19,22,36H,13-17H2,1-8H3,(H2,30,31,35)/t22-,28+/m1/s1. The number of nitrogens with one attached hydrogen (secondary N) is 2. The van der Waals surface area contributed by atoms with E-state index in [9.17, 15) is 19.5 Å². The molecule has 1 fully saturated rings. The molecule has 3 amide bonds. The fourth-order valence-corrected chi connectivity index (χ4v) is 4.79. The number of esters is 1. The normalized spacial score (nSPS) is 20.3. The van der Waals surface area contributed by atoms with Gasteiger partial charge in [-0.25, -0.2) is 4.79 Å². The quantitative estimate of drug-likeness (QED) is 0.297. The zero-order valence-electron chi connectivity index (χ0n) is 23.9. The van der Waals surface area contributed by atoms with E-state index in [0.29, 0.717) is 24.5 Å². The molecule has 0 radical (unpaired) electrons. The average molecular weight is 554 g/mol. The van der Waals surface area contributed by atoms with Crippen LogP contribution in [0.25, 0.3) is 0 Å². The third-order valence-electron chi connectivity index (χ3n) is 6.91. The average Bonchev–Trinajstić information content (AvgIpc) is 2.81. The highest BCUT2D eigenvalue weighted by Gasteiger charge is 2.53. The molecule has 1 saturated heterocycles. The molecule has 0 unspecified atom stereocenters. The summed E-state index contributed by atoms with van der Waals surface area (Å²) in [6, 6.07) is 6.13. The molecule has 1 aromatic carbocycles. The van der Waals surface area contributed by atoms with Crippen LogP contribution in [0.1, 0.15) is 67.4 Å². The van der Waals surface area contributed by atoms with Gasteiger partial charge in [0.15, 0.2) is 6.79 Å². The van der Waals surface area contributed by atoms with Crippen molar-refractivity contribution in [3.8, 4) is 0 Å². The van der Waals surface area contributed by atoms with Crippen LogP contribution in [0.2, 0.25) is 5.02 Å². The third kappa shape index (κ3) is 8.07. The molecule has 0 saturated carbocycles. The Kier molecular flexibility index (Phi) is 10.6. The van der Waals surface area contributed by atoms with Gasteiger partial charge in [-0.1, -0.05) is 65.3 Å². The molecule has 0 aliphatic carbocycles. The summed E-state index contributed by atoms with van der Waals surface area (Å²) < 4.78 is 11.7. The summed E-state index contributed by atoms with van der Waals surface area (Å²) in [5.41, 5.74) is -1.63. The van der Waals surface area contributed by atoms with Crippen molar-refractivity contribution in [2.24, 2.45) is 17.3 Å². The molecule has 1 heterocycles. The van der Waals surface area contributed by atoms with Gasteiger partial charge in [-0.05, 0) is 43.9 Å². The number of ether oxygens (including phenoxy) is 2. The molecule has 0 aromatic heterocycles. The number of likely N-dealkylation sites (tertiary alicyclic amines) is 1. The number of aliphatic hydroxyl groups is 1. The molecule has 0 bridgehead atoms. The molecule has 38 heavy (non-hydrogen) atoms. The lowest BCUT2D eigenvalue weighted by atomic mass is 9.66. The van der Waals surface area contributed by atoms with Gasteiger partial charge in [0.2, 0.25) is 5.91 Å². The van der Waals surface area contributed by atoms with Gasteiger partial charge in [0.05, 0.1) is 11.5 Å². The van der Waals surface area contributed by atoms with E-state index in [1.54, 1.807) is 44.7 Å². The summed E-state index contributed by atoms with van der Waals surface area (Å²) in [5, 5.41) is 15.9. The van der Waals surface area contributed by atoms with Crippen LogP contribution in [0, 0.1) is 17.3 Å². The monoisotopic (exact) mass is 553 g/mol. The first-order valence-electron chi connectivity index (χ1n) is 13.1. The second-order valence-electron chi connectivity index (χ2n) is 12.0. The van der Waals surface area contributed by atoms with E-state index in [-0.39, 0.29) is 37.0 Å². The van der Waals surface area contributed by atoms with Crippen LogP contribution in [-0.2, 0) is 24.7 Å². The van der Waals surface area contributed by atoms with Crippen LogP contribution in [-0.4, -0.2) is 66.0 Å². The zero-order chi connectivity index (χ0) is 28.9. The van der Waals surface area contributed by atoms with Crippen molar-refractivity contribution in [2.45, 2.75) is 79.1 Å². The van der Waals surface area contributed by atoms with E-state index in [0.717, 1.165) is 5.56 Å². The van der Waals surface area contributed by atoms with Crippen LogP contribution < -0.4 is 10.6 Å². The first kappa shape index (κ1) is 31.9. The summed E-state index contributed by atoms with van der Waals surface area (Å²) in [5.74, 6) is -0.982. The lowest BCUT2D eigenvalue weighted by molar-refractivity contribution is -0.219. The lowest BCUT2D eigenvalue weighted by Crippen LogP contribution is -2.62. The predicted molar refractivity (Wildman–Crippen MR) is 146 cm³/mol. The topological polar surface area (TPSA) is 117 Å². The molecule has 2 atom stereocenters. The van der Waals surface area contributed by atoms with Gasteiger partial charge < -0.3 is 30.1 Å². The Morgan fingerprint density at radius 2 is 1.74 bits per heavy atom. The van der Waals surface area contributed by atoms with Crippen LogP contribution in [0.15, 0.2) is 24.3 Å². The molecule has 1 aliphatic rings. The molecule has 9 nitrogen and oxygen atoms in total. The number of nitrogens with zero attached hydrogens (tertiary/aromatic N) is 1. The van der Waals surface area contributed by atoms with Gasteiger partial charge in [0.25, 0.3) is 0 Å². The van der Waals surface area contributed by atoms with Crippen molar-refractivity contribution in [1.29, 1.82) is 0 Å². The largest absolute Gasteiger partial charge is 0.438 e. The number of hydrogen-bond acceptors (Lipinski definition) is 6. The van der Waals surface area contributed by atoms with Crippen molar-refractivity contribution in [3.05, 3.63) is 34.9 Å². The fraction of sp³-hybridized carbons (Fsp3) is 0.679. The second-order valence-corrected chi connectivity index (χ2v) is 12.4. The van der Waals surface area contributed by atoms with Gasteiger partial charge in [0, 0.05) is 30.1 Å². The van der Waals surface area contributed by atoms with Gasteiger partial charge >= 0.3 is 12.0 Å². The zero-order valence-corrected chi connectivity index (χ0v) is 24.6. The van der Waals surface area contributed by atoms with Crippen molar-refractivity contribution in [3.63, 3.8) is 0 Å². The minimum Gasteiger partial charge on any atom is -0.438 e. The smallest absolute Gasteiger partial charge is 0.315 e. The number of carbonyl (C=O) groups is 3. The Hall–Kier alpha value is -2.36. The maximum atomic E-state index is 13.6. The Bertz CT molecular complexity index is 974.